The minimum absolute atomic E-state index is 0.291. The average molecular weight is 345 g/mol. The van der Waals surface area contributed by atoms with Crippen molar-refractivity contribution in [3.8, 4) is 0 Å². The van der Waals surface area contributed by atoms with E-state index in [1.165, 1.54) is 0 Å². The summed E-state index contributed by atoms with van der Waals surface area (Å²) in [5.74, 6) is 0. The van der Waals surface area contributed by atoms with Crippen molar-refractivity contribution in [1.29, 1.82) is 0 Å². The summed E-state index contributed by atoms with van der Waals surface area (Å²) >= 11 is 3.35. The molecular weight excluding hydrogens is 328 g/mol. The Kier molecular flexibility index (Phi) is 4.78. The molecule has 0 fully saturated rings. The number of hydrogen-bond donors (Lipinski definition) is 2. The molecule has 6 heteroatoms. The lowest BCUT2D eigenvalue weighted by Crippen LogP contribution is -2.29. The fourth-order valence-corrected chi connectivity index (χ4v) is 3.43. The van der Waals surface area contributed by atoms with Crippen LogP contribution < -0.4 is 10.0 Å². The molecule has 2 rings (SSSR count). The van der Waals surface area contributed by atoms with Gasteiger partial charge in [-0.3, -0.25) is 0 Å². The molecule has 1 aromatic carbocycles. The predicted octanol–water partition coefficient (Wildman–Crippen LogP) is 1.96. The standard InChI is InChI=1S/C13H17BrN2O2S/c1-10-2-3-12(8-13(10)14)19(17,18)16-9-11-4-6-15-7-5-11/h2-4,8,15-16H,5-7,9H2,1H3. The van der Waals surface area contributed by atoms with Crippen LogP contribution in [0.4, 0.5) is 0 Å². The molecule has 0 aliphatic carbocycles. The monoisotopic (exact) mass is 344 g/mol. The molecule has 0 amide bonds. The number of halogens is 1. The van der Waals surface area contributed by atoms with Crippen LogP contribution in [0.3, 0.4) is 0 Å². The lowest BCUT2D eigenvalue weighted by Gasteiger charge is -2.15. The Balaban J connectivity index is 2.09. The van der Waals surface area contributed by atoms with Gasteiger partial charge in [-0.25, -0.2) is 13.1 Å². The van der Waals surface area contributed by atoms with Crippen LogP contribution in [0.25, 0.3) is 0 Å². The Morgan fingerprint density at radius 1 is 1.42 bits per heavy atom. The Hall–Kier alpha value is -0.690. The normalized spacial score (nSPS) is 16.2. The SMILES string of the molecule is Cc1ccc(S(=O)(=O)NCC2=CCNCC2)cc1Br. The van der Waals surface area contributed by atoms with E-state index in [0.29, 0.717) is 11.4 Å². The van der Waals surface area contributed by atoms with Crippen LogP contribution in [-0.2, 0) is 10.0 Å². The first kappa shape index (κ1) is 14.7. The third kappa shape index (κ3) is 3.89. The molecule has 0 saturated heterocycles. The summed E-state index contributed by atoms with van der Waals surface area (Å²) in [6.45, 7) is 4.03. The third-order valence-electron chi connectivity index (χ3n) is 3.10. The van der Waals surface area contributed by atoms with Crippen molar-refractivity contribution in [2.75, 3.05) is 19.6 Å². The number of sulfonamides is 1. The maximum atomic E-state index is 12.2. The van der Waals surface area contributed by atoms with Crippen molar-refractivity contribution in [3.05, 3.63) is 39.9 Å². The highest BCUT2D eigenvalue weighted by Gasteiger charge is 2.15. The van der Waals surface area contributed by atoms with Gasteiger partial charge in [-0.05, 0) is 37.6 Å². The van der Waals surface area contributed by atoms with E-state index in [1.807, 2.05) is 13.0 Å². The summed E-state index contributed by atoms with van der Waals surface area (Å²) in [5.41, 5.74) is 2.15. The highest BCUT2D eigenvalue weighted by Crippen LogP contribution is 2.20. The molecule has 0 bridgehead atoms. The highest BCUT2D eigenvalue weighted by molar-refractivity contribution is 9.10. The molecule has 0 aromatic heterocycles. The minimum Gasteiger partial charge on any atom is -0.313 e. The van der Waals surface area contributed by atoms with Crippen LogP contribution in [-0.4, -0.2) is 28.1 Å². The largest absolute Gasteiger partial charge is 0.313 e. The van der Waals surface area contributed by atoms with E-state index < -0.39 is 10.0 Å². The van der Waals surface area contributed by atoms with Crippen molar-refractivity contribution in [2.24, 2.45) is 0 Å². The molecule has 1 heterocycles. The van der Waals surface area contributed by atoms with Gasteiger partial charge in [-0.15, -0.1) is 0 Å². The number of benzene rings is 1. The average Bonchev–Trinajstić information content (AvgIpc) is 2.41. The lowest BCUT2D eigenvalue weighted by atomic mass is 10.1. The topological polar surface area (TPSA) is 58.2 Å². The van der Waals surface area contributed by atoms with E-state index in [1.54, 1.807) is 18.2 Å². The Labute approximate surface area is 122 Å². The van der Waals surface area contributed by atoms with Gasteiger partial charge in [0.25, 0.3) is 0 Å². The Bertz CT molecular complexity index is 597. The second-order valence-corrected chi connectivity index (χ2v) is 7.17. The van der Waals surface area contributed by atoms with E-state index in [0.717, 1.165) is 35.1 Å². The zero-order valence-corrected chi connectivity index (χ0v) is 13.1. The van der Waals surface area contributed by atoms with Crippen LogP contribution in [0.1, 0.15) is 12.0 Å². The van der Waals surface area contributed by atoms with Gasteiger partial charge in [0.2, 0.25) is 10.0 Å². The fraction of sp³-hybridized carbons (Fsp3) is 0.385. The molecule has 0 saturated carbocycles. The molecule has 19 heavy (non-hydrogen) atoms. The van der Waals surface area contributed by atoms with Crippen molar-refractivity contribution in [3.63, 3.8) is 0 Å². The van der Waals surface area contributed by atoms with E-state index in [9.17, 15) is 8.42 Å². The summed E-state index contributed by atoms with van der Waals surface area (Å²) in [6.07, 6.45) is 2.93. The molecule has 0 radical (unpaired) electrons. The van der Waals surface area contributed by atoms with Crippen molar-refractivity contribution >= 4 is 26.0 Å². The van der Waals surface area contributed by atoms with E-state index >= 15 is 0 Å². The summed E-state index contributed by atoms with van der Waals surface area (Å²) in [6, 6.07) is 5.05. The maximum absolute atomic E-state index is 12.2. The smallest absolute Gasteiger partial charge is 0.240 e. The molecule has 104 valence electrons. The van der Waals surface area contributed by atoms with E-state index in [2.05, 4.69) is 26.0 Å². The molecule has 1 aliphatic heterocycles. The number of nitrogens with one attached hydrogen (secondary N) is 2. The van der Waals surface area contributed by atoms with Crippen molar-refractivity contribution in [2.45, 2.75) is 18.2 Å². The van der Waals surface area contributed by atoms with E-state index in [-0.39, 0.29) is 0 Å². The van der Waals surface area contributed by atoms with Crippen LogP contribution in [0.5, 0.6) is 0 Å². The maximum Gasteiger partial charge on any atom is 0.240 e. The fourth-order valence-electron chi connectivity index (χ4n) is 1.84. The molecule has 0 spiro atoms. The van der Waals surface area contributed by atoms with Crippen LogP contribution in [0, 0.1) is 6.92 Å². The molecule has 4 nitrogen and oxygen atoms in total. The zero-order valence-electron chi connectivity index (χ0n) is 10.7. The number of aryl methyl sites for hydroxylation is 1. The van der Waals surface area contributed by atoms with Gasteiger partial charge in [0, 0.05) is 17.6 Å². The number of rotatable bonds is 4. The summed E-state index contributed by atoms with van der Waals surface area (Å²) in [4.78, 5) is 0.291. The van der Waals surface area contributed by atoms with Gasteiger partial charge >= 0.3 is 0 Å². The predicted molar refractivity (Wildman–Crippen MR) is 79.6 cm³/mol. The Morgan fingerprint density at radius 2 is 2.21 bits per heavy atom. The van der Waals surface area contributed by atoms with Crippen LogP contribution in [0.2, 0.25) is 0 Å². The second-order valence-electron chi connectivity index (χ2n) is 4.55. The van der Waals surface area contributed by atoms with Crippen LogP contribution in [0.15, 0.2) is 39.2 Å². The highest BCUT2D eigenvalue weighted by atomic mass is 79.9. The van der Waals surface area contributed by atoms with Gasteiger partial charge in [0.15, 0.2) is 0 Å². The summed E-state index contributed by atoms with van der Waals surface area (Å²) < 4.78 is 27.8. The first-order chi connectivity index (χ1) is 8.99. The molecule has 1 aromatic rings. The molecule has 0 atom stereocenters. The van der Waals surface area contributed by atoms with Crippen molar-refractivity contribution in [1.82, 2.24) is 10.0 Å². The zero-order chi connectivity index (χ0) is 13.9. The summed E-state index contributed by atoms with van der Waals surface area (Å²) in [5, 5.41) is 3.20. The molecular formula is C13H17BrN2O2S. The van der Waals surface area contributed by atoms with Gasteiger partial charge in [0.05, 0.1) is 4.90 Å². The van der Waals surface area contributed by atoms with Gasteiger partial charge in [-0.1, -0.05) is 33.6 Å². The number of hydrogen-bond acceptors (Lipinski definition) is 3. The molecule has 1 aliphatic rings. The van der Waals surface area contributed by atoms with E-state index in [4.69, 9.17) is 0 Å². The molecule has 2 N–H and O–H groups in total. The quantitative estimate of drug-likeness (QED) is 0.821. The first-order valence-electron chi connectivity index (χ1n) is 6.13. The van der Waals surface area contributed by atoms with Crippen molar-refractivity contribution < 1.29 is 8.42 Å². The second kappa shape index (κ2) is 6.17. The third-order valence-corrected chi connectivity index (χ3v) is 5.35. The van der Waals surface area contributed by atoms with Gasteiger partial charge in [-0.2, -0.15) is 0 Å². The summed E-state index contributed by atoms with van der Waals surface area (Å²) in [7, 11) is -3.44. The van der Waals surface area contributed by atoms with Gasteiger partial charge in [0.1, 0.15) is 0 Å². The molecule has 0 unspecified atom stereocenters. The minimum atomic E-state index is -3.44. The Morgan fingerprint density at radius 3 is 2.84 bits per heavy atom. The first-order valence-corrected chi connectivity index (χ1v) is 8.41. The lowest BCUT2D eigenvalue weighted by molar-refractivity contribution is 0.582. The van der Waals surface area contributed by atoms with Gasteiger partial charge < -0.3 is 5.32 Å². The van der Waals surface area contributed by atoms with Crippen LogP contribution >= 0.6 is 15.9 Å².